The smallest absolute Gasteiger partial charge is 0.306 e. The summed E-state index contributed by atoms with van der Waals surface area (Å²) in [5.74, 6) is -0.906. The molecule has 0 rings (SSSR count). The van der Waals surface area contributed by atoms with Gasteiger partial charge in [0.05, 0.1) is 0 Å². The standard InChI is InChI=1S/C75H130O6/c1-4-7-10-13-16-19-22-25-28-29-30-31-32-33-34-35-36-37-38-39-40-41-42-43-44-45-48-50-53-56-59-62-65-68-74(77)80-71-72(81-75(78)69-66-63-60-57-54-51-47-27-24-21-18-15-12-9-6-3)70-79-73(76)67-64-61-58-55-52-49-46-26-23-20-17-14-11-8-5-2/h9,12,17-18,20-22,25-27,29-30,32-33,46-47,72H,4-8,10-11,13-16,19,23-24,28,31,34-45,48-71H2,1-3H3/b12-9-,20-17-,21-18-,25-22-,30-29-,33-32-,46-26-,47-27-. The van der Waals surface area contributed by atoms with Gasteiger partial charge in [-0.25, -0.2) is 0 Å². The van der Waals surface area contributed by atoms with Gasteiger partial charge in [-0.1, -0.05) is 298 Å². The van der Waals surface area contributed by atoms with Crippen molar-refractivity contribution in [2.24, 2.45) is 0 Å². The molecule has 0 aliphatic carbocycles. The Morgan fingerprint density at radius 3 is 0.778 bits per heavy atom. The van der Waals surface area contributed by atoms with Crippen molar-refractivity contribution in [1.82, 2.24) is 0 Å². The SMILES string of the molecule is CC/C=C\C/C=C\C/C=C\CCCCCCCC(=O)OC(COC(=O)CCCCCCC/C=C\C/C=C\CCCCC)COC(=O)CCCCCCCCCCCCCCCCCCCC/C=C\C/C=C\C/C=C\CCCCCCC. The molecule has 0 bridgehead atoms. The van der Waals surface area contributed by atoms with Crippen LogP contribution in [0.25, 0.3) is 0 Å². The van der Waals surface area contributed by atoms with Crippen LogP contribution >= 0.6 is 0 Å². The van der Waals surface area contributed by atoms with E-state index in [1.165, 1.54) is 167 Å². The minimum absolute atomic E-state index is 0.0870. The lowest BCUT2D eigenvalue weighted by molar-refractivity contribution is -0.167. The maximum absolute atomic E-state index is 12.9. The lowest BCUT2D eigenvalue weighted by Crippen LogP contribution is -2.30. The number of hydrogen-bond acceptors (Lipinski definition) is 6. The molecular formula is C75H130O6. The molecule has 0 aliphatic heterocycles. The van der Waals surface area contributed by atoms with Crippen molar-refractivity contribution in [3.05, 3.63) is 97.2 Å². The minimum atomic E-state index is -0.793. The Morgan fingerprint density at radius 1 is 0.259 bits per heavy atom. The number of ether oxygens (including phenoxy) is 3. The molecule has 1 atom stereocenters. The van der Waals surface area contributed by atoms with E-state index in [2.05, 4.69) is 118 Å². The van der Waals surface area contributed by atoms with E-state index in [9.17, 15) is 14.4 Å². The van der Waals surface area contributed by atoms with Crippen molar-refractivity contribution in [1.29, 1.82) is 0 Å². The lowest BCUT2D eigenvalue weighted by Gasteiger charge is -2.18. The van der Waals surface area contributed by atoms with E-state index in [1.54, 1.807) is 0 Å². The summed E-state index contributed by atoms with van der Waals surface area (Å²) >= 11 is 0. The van der Waals surface area contributed by atoms with Gasteiger partial charge >= 0.3 is 17.9 Å². The summed E-state index contributed by atoms with van der Waals surface area (Å²) in [5.41, 5.74) is 0. The zero-order valence-corrected chi connectivity index (χ0v) is 53.5. The third-order valence-corrected chi connectivity index (χ3v) is 15.0. The number of rotatable bonds is 63. The number of hydrogen-bond donors (Lipinski definition) is 0. The number of esters is 3. The fourth-order valence-electron chi connectivity index (χ4n) is 9.85. The van der Waals surface area contributed by atoms with Crippen LogP contribution in [0.15, 0.2) is 97.2 Å². The van der Waals surface area contributed by atoms with E-state index in [1.807, 2.05) is 0 Å². The van der Waals surface area contributed by atoms with Gasteiger partial charge in [-0.3, -0.25) is 14.4 Å². The third kappa shape index (κ3) is 67.0. The van der Waals surface area contributed by atoms with Crippen LogP contribution in [-0.4, -0.2) is 37.2 Å². The Kier molecular flexibility index (Phi) is 65.7. The molecule has 6 nitrogen and oxygen atoms in total. The number of carbonyl (C=O) groups is 3. The van der Waals surface area contributed by atoms with Crippen molar-refractivity contribution in [3.8, 4) is 0 Å². The van der Waals surface area contributed by atoms with E-state index in [0.717, 1.165) is 135 Å². The average Bonchev–Trinajstić information content (AvgIpc) is 3.47. The molecule has 0 N–H and O–H groups in total. The number of unbranched alkanes of at least 4 members (excludes halogenated alkanes) is 36. The predicted molar refractivity (Wildman–Crippen MR) is 353 cm³/mol. The Bertz CT molecular complexity index is 1580. The summed E-state index contributed by atoms with van der Waals surface area (Å²) in [6, 6.07) is 0. The second-order valence-corrected chi connectivity index (χ2v) is 23.1. The minimum Gasteiger partial charge on any atom is -0.462 e. The molecule has 0 aliphatic rings. The normalized spacial score (nSPS) is 12.7. The van der Waals surface area contributed by atoms with Crippen LogP contribution in [0.4, 0.5) is 0 Å². The zero-order valence-electron chi connectivity index (χ0n) is 53.5. The molecule has 0 aromatic rings. The van der Waals surface area contributed by atoms with Crippen LogP contribution in [0.5, 0.6) is 0 Å². The van der Waals surface area contributed by atoms with Crippen LogP contribution in [-0.2, 0) is 28.6 Å². The first-order chi connectivity index (χ1) is 40.0. The highest BCUT2D eigenvalue weighted by Gasteiger charge is 2.19. The van der Waals surface area contributed by atoms with Crippen molar-refractivity contribution in [3.63, 3.8) is 0 Å². The summed E-state index contributed by atoms with van der Waals surface area (Å²) in [5, 5.41) is 0. The van der Waals surface area contributed by atoms with Gasteiger partial charge in [-0.15, -0.1) is 0 Å². The van der Waals surface area contributed by atoms with Gasteiger partial charge in [0, 0.05) is 19.3 Å². The quantitative estimate of drug-likeness (QED) is 0.0261. The van der Waals surface area contributed by atoms with Gasteiger partial charge in [0.2, 0.25) is 0 Å². The molecule has 81 heavy (non-hydrogen) atoms. The first-order valence-corrected chi connectivity index (χ1v) is 34.7. The van der Waals surface area contributed by atoms with E-state index >= 15 is 0 Å². The second-order valence-electron chi connectivity index (χ2n) is 23.1. The fraction of sp³-hybridized carbons (Fsp3) is 0.747. The second kappa shape index (κ2) is 68.8. The molecule has 0 spiro atoms. The highest BCUT2D eigenvalue weighted by Crippen LogP contribution is 2.17. The topological polar surface area (TPSA) is 78.9 Å². The molecule has 466 valence electrons. The first kappa shape index (κ1) is 77.3. The van der Waals surface area contributed by atoms with E-state index < -0.39 is 6.10 Å². The molecule has 0 radical (unpaired) electrons. The van der Waals surface area contributed by atoms with Crippen LogP contribution in [0.1, 0.15) is 342 Å². The first-order valence-electron chi connectivity index (χ1n) is 34.7. The predicted octanol–water partition coefficient (Wildman–Crippen LogP) is 24.0. The van der Waals surface area contributed by atoms with E-state index in [-0.39, 0.29) is 31.1 Å². The summed E-state index contributed by atoms with van der Waals surface area (Å²) in [6.45, 7) is 6.49. The fourth-order valence-corrected chi connectivity index (χ4v) is 9.85. The van der Waals surface area contributed by atoms with E-state index in [0.29, 0.717) is 19.3 Å². The molecule has 0 heterocycles. The van der Waals surface area contributed by atoms with Crippen LogP contribution < -0.4 is 0 Å². The highest BCUT2D eigenvalue weighted by atomic mass is 16.6. The van der Waals surface area contributed by atoms with Gasteiger partial charge in [-0.2, -0.15) is 0 Å². The van der Waals surface area contributed by atoms with Gasteiger partial charge < -0.3 is 14.2 Å². The molecule has 0 aromatic heterocycles. The molecule has 0 saturated heterocycles. The van der Waals surface area contributed by atoms with Gasteiger partial charge in [0.15, 0.2) is 6.10 Å². The van der Waals surface area contributed by atoms with Crippen molar-refractivity contribution < 1.29 is 28.6 Å². The molecule has 1 unspecified atom stereocenters. The van der Waals surface area contributed by atoms with Crippen molar-refractivity contribution in [2.75, 3.05) is 13.2 Å². The molecule has 0 amide bonds. The van der Waals surface area contributed by atoms with Crippen molar-refractivity contribution >= 4 is 17.9 Å². The Balaban J connectivity index is 4.18. The summed E-state index contributed by atoms with van der Waals surface area (Å²) in [7, 11) is 0. The maximum atomic E-state index is 12.9. The largest absolute Gasteiger partial charge is 0.462 e. The highest BCUT2D eigenvalue weighted by molar-refractivity contribution is 5.71. The van der Waals surface area contributed by atoms with Crippen LogP contribution in [0.2, 0.25) is 0 Å². The van der Waals surface area contributed by atoms with Gasteiger partial charge in [0.25, 0.3) is 0 Å². The molecular weight excluding hydrogens is 997 g/mol. The summed E-state index contributed by atoms with van der Waals surface area (Å²) in [4.78, 5) is 38.3. The summed E-state index contributed by atoms with van der Waals surface area (Å²) < 4.78 is 16.9. The molecule has 0 fully saturated rings. The monoisotopic (exact) mass is 1130 g/mol. The third-order valence-electron chi connectivity index (χ3n) is 15.0. The Hall–Kier alpha value is -3.67. The zero-order chi connectivity index (χ0) is 58.5. The van der Waals surface area contributed by atoms with Gasteiger partial charge in [-0.05, 0) is 122 Å². The van der Waals surface area contributed by atoms with E-state index in [4.69, 9.17) is 14.2 Å². The lowest BCUT2D eigenvalue weighted by atomic mass is 10.0. The summed E-state index contributed by atoms with van der Waals surface area (Å²) in [6.07, 6.45) is 93.0. The molecule has 6 heteroatoms. The van der Waals surface area contributed by atoms with Crippen LogP contribution in [0.3, 0.4) is 0 Å². The van der Waals surface area contributed by atoms with Crippen molar-refractivity contribution in [2.45, 2.75) is 348 Å². The molecule has 0 aromatic carbocycles. The average molecular weight is 1130 g/mol. The maximum Gasteiger partial charge on any atom is 0.306 e. The Morgan fingerprint density at radius 2 is 0.481 bits per heavy atom. The number of allylic oxidation sites excluding steroid dienone is 16. The van der Waals surface area contributed by atoms with Gasteiger partial charge in [0.1, 0.15) is 13.2 Å². The Labute approximate surface area is 502 Å². The number of carbonyl (C=O) groups excluding carboxylic acids is 3. The molecule has 0 saturated carbocycles. The van der Waals surface area contributed by atoms with Crippen LogP contribution in [0, 0.1) is 0 Å².